The van der Waals surface area contributed by atoms with E-state index in [1.165, 1.54) is 5.56 Å². The first-order valence-electron chi connectivity index (χ1n) is 4.52. The van der Waals surface area contributed by atoms with Gasteiger partial charge in [0.05, 0.1) is 19.9 Å². The summed E-state index contributed by atoms with van der Waals surface area (Å²) in [6, 6.07) is 9.70. The molecule has 77 valence electrons. The molecule has 0 fully saturated rings. The highest BCUT2D eigenvalue weighted by Crippen LogP contribution is 2.12. The lowest BCUT2D eigenvalue weighted by atomic mass is 10.2. The van der Waals surface area contributed by atoms with E-state index in [0.717, 1.165) is 16.9 Å². The Kier molecular flexibility index (Phi) is 3.06. The number of ether oxygens (including phenoxy) is 1. The van der Waals surface area contributed by atoms with Gasteiger partial charge in [0.2, 0.25) is 0 Å². The SMILES string of the molecule is COc1ccc(Cn2[c]cc(Br)n2)cc1. The molecule has 1 aromatic heterocycles. The lowest BCUT2D eigenvalue weighted by Gasteiger charge is -2.03. The van der Waals surface area contributed by atoms with E-state index in [0.29, 0.717) is 0 Å². The van der Waals surface area contributed by atoms with Crippen molar-refractivity contribution in [2.45, 2.75) is 6.54 Å². The fourth-order valence-electron chi connectivity index (χ4n) is 1.29. The molecule has 0 unspecified atom stereocenters. The van der Waals surface area contributed by atoms with Gasteiger partial charge < -0.3 is 4.74 Å². The summed E-state index contributed by atoms with van der Waals surface area (Å²) in [6.07, 6.45) is 3.01. The summed E-state index contributed by atoms with van der Waals surface area (Å²) in [6.45, 7) is 0.718. The van der Waals surface area contributed by atoms with Crippen LogP contribution in [-0.2, 0) is 6.54 Å². The first-order valence-corrected chi connectivity index (χ1v) is 5.31. The second-order valence-electron chi connectivity index (χ2n) is 3.10. The van der Waals surface area contributed by atoms with E-state index >= 15 is 0 Å². The number of hydrogen-bond donors (Lipinski definition) is 0. The maximum absolute atomic E-state index is 5.09. The van der Waals surface area contributed by atoms with Crippen LogP contribution in [0.5, 0.6) is 5.75 Å². The van der Waals surface area contributed by atoms with Crippen molar-refractivity contribution in [3.05, 3.63) is 46.7 Å². The fraction of sp³-hybridized carbons (Fsp3) is 0.182. The number of methoxy groups -OCH3 is 1. The van der Waals surface area contributed by atoms with Crippen molar-refractivity contribution >= 4 is 15.9 Å². The molecule has 1 aromatic carbocycles. The maximum atomic E-state index is 5.09. The van der Waals surface area contributed by atoms with Gasteiger partial charge in [-0.05, 0) is 33.6 Å². The molecule has 4 heteroatoms. The van der Waals surface area contributed by atoms with Crippen LogP contribution >= 0.6 is 15.9 Å². The molecule has 2 aromatic rings. The molecule has 0 bridgehead atoms. The molecule has 0 saturated heterocycles. The number of aromatic nitrogens is 2. The molecule has 0 N–H and O–H groups in total. The Labute approximate surface area is 96.8 Å². The van der Waals surface area contributed by atoms with E-state index in [-0.39, 0.29) is 0 Å². The summed E-state index contributed by atoms with van der Waals surface area (Å²) in [5.41, 5.74) is 1.17. The van der Waals surface area contributed by atoms with E-state index < -0.39 is 0 Å². The van der Waals surface area contributed by atoms with Gasteiger partial charge >= 0.3 is 0 Å². The van der Waals surface area contributed by atoms with Crippen molar-refractivity contribution in [1.29, 1.82) is 0 Å². The molecule has 0 atom stereocenters. The van der Waals surface area contributed by atoms with E-state index in [9.17, 15) is 0 Å². The van der Waals surface area contributed by atoms with Gasteiger partial charge in [-0.3, -0.25) is 4.68 Å². The van der Waals surface area contributed by atoms with Gasteiger partial charge in [0.1, 0.15) is 10.4 Å². The van der Waals surface area contributed by atoms with Crippen LogP contribution in [0.2, 0.25) is 0 Å². The Hall–Kier alpha value is -1.29. The van der Waals surface area contributed by atoms with Gasteiger partial charge in [-0.1, -0.05) is 12.1 Å². The van der Waals surface area contributed by atoms with E-state index in [4.69, 9.17) is 4.74 Å². The van der Waals surface area contributed by atoms with Crippen LogP contribution in [-0.4, -0.2) is 16.9 Å². The number of rotatable bonds is 3. The third-order valence-electron chi connectivity index (χ3n) is 2.04. The second kappa shape index (κ2) is 4.49. The maximum Gasteiger partial charge on any atom is 0.128 e. The predicted molar refractivity (Wildman–Crippen MR) is 60.9 cm³/mol. The highest BCUT2D eigenvalue weighted by molar-refractivity contribution is 9.10. The van der Waals surface area contributed by atoms with Crippen LogP contribution in [0.1, 0.15) is 5.56 Å². The van der Waals surface area contributed by atoms with Crippen molar-refractivity contribution < 1.29 is 4.74 Å². The van der Waals surface area contributed by atoms with Gasteiger partial charge in [0, 0.05) is 6.07 Å². The minimum absolute atomic E-state index is 0.718. The Bertz CT molecular complexity index is 436. The van der Waals surface area contributed by atoms with Crippen LogP contribution in [0.4, 0.5) is 0 Å². The number of halogens is 1. The average molecular weight is 266 g/mol. The molecule has 3 nitrogen and oxygen atoms in total. The third-order valence-corrected chi connectivity index (χ3v) is 2.43. The molecule has 0 spiro atoms. The average Bonchev–Trinajstić information content (AvgIpc) is 2.65. The minimum atomic E-state index is 0.718. The highest BCUT2D eigenvalue weighted by atomic mass is 79.9. The normalized spacial score (nSPS) is 10.3. The zero-order valence-corrected chi connectivity index (χ0v) is 9.86. The monoisotopic (exact) mass is 265 g/mol. The van der Waals surface area contributed by atoms with Crippen molar-refractivity contribution in [2.75, 3.05) is 7.11 Å². The first kappa shape index (κ1) is 10.2. The van der Waals surface area contributed by atoms with Crippen LogP contribution in [0.25, 0.3) is 0 Å². The second-order valence-corrected chi connectivity index (χ2v) is 3.91. The molecular formula is C11H10BrN2O. The molecule has 0 saturated carbocycles. The Morgan fingerprint density at radius 1 is 1.40 bits per heavy atom. The summed E-state index contributed by atoms with van der Waals surface area (Å²) < 4.78 is 7.64. The van der Waals surface area contributed by atoms with Crippen molar-refractivity contribution in [3.8, 4) is 5.75 Å². The van der Waals surface area contributed by atoms with Gasteiger partial charge in [-0.2, -0.15) is 5.10 Å². The van der Waals surface area contributed by atoms with Crippen LogP contribution in [0.15, 0.2) is 34.9 Å². The molecule has 1 radical (unpaired) electrons. The molecule has 15 heavy (non-hydrogen) atoms. The first-order chi connectivity index (χ1) is 7.28. The van der Waals surface area contributed by atoms with E-state index in [1.807, 2.05) is 24.3 Å². The van der Waals surface area contributed by atoms with Crippen molar-refractivity contribution in [1.82, 2.24) is 9.78 Å². The molecule has 2 rings (SSSR count). The lowest BCUT2D eigenvalue weighted by molar-refractivity contribution is 0.414. The van der Waals surface area contributed by atoms with Crippen LogP contribution < -0.4 is 4.74 Å². The van der Waals surface area contributed by atoms with Gasteiger partial charge in [-0.15, -0.1) is 0 Å². The molecule has 0 aliphatic rings. The molecular weight excluding hydrogens is 256 g/mol. The van der Waals surface area contributed by atoms with Crippen LogP contribution in [0.3, 0.4) is 0 Å². The predicted octanol–water partition coefficient (Wildman–Crippen LogP) is 2.50. The quantitative estimate of drug-likeness (QED) is 0.853. The van der Waals surface area contributed by atoms with Crippen LogP contribution in [0, 0.1) is 6.20 Å². The highest BCUT2D eigenvalue weighted by Gasteiger charge is 1.98. The summed E-state index contributed by atoms with van der Waals surface area (Å²) in [5, 5.41) is 4.20. The van der Waals surface area contributed by atoms with Gasteiger partial charge in [0.15, 0.2) is 0 Å². The minimum Gasteiger partial charge on any atom is -0.497 e. The molecule has 0 amide bonds. The number of nitrogens with zero attached hydrogens (tertiary/aromatic N) is 2. The molecule has 0 aliphatic carbocycles. The summed E-state index contributed by atoms with van der Waals surface area (Å²) >= 11 is 3.29. The largest absolute Gasteiger partial charge is 0.497 e. The smallest absolute Gasteiger partial charge is 0.128 e. The topological polar surface area (TPSA) is 27.1 Å². The van der Waals surface area contributed by atoms with Crippen molar-refractivity contribution in [3.63, 3.8) is 0 Å². The fourth-order valence-corrected chi connectivity index (χ4v) is 1.58. The van der Waals surface area contributed by atoms with Gasteiger partial charge in [0.25, 0.3) is 0 Å². The van der Waals surface area contributed by atoms with Crippen molar-refractivity contribution in [2.24, 2.45) is 0 Å². The summed E-state index contributed by atoms with van der Waals surface area (Å²) in [7, 11) is 1.66. The summed E-state index contributed by atoms with van der Waals surface area (Å²) in [5.74, 6) is 0.865. The number of hydrogen-bond acceptors (Lipinski definition) is 2. The standard InChI is InChI=1S/C11H10BrN2O/c1-15-10-4-2-9(3-5-10)8-14-7-6-11(12)13-14/h2-6H,8H2,1H3. The lowest BCUT2D eigenvalue weighted by Crippen LogP contribution is -2.00. The Morgan fingerprint density at radius 3 is 2.67 bits per heavy atom. The Balaban J connectivity index is 2.11. The number of benzene rings is 1. The zero-order chi connectivity index (χ0) is 10.7. The van der Waals surface area contributed by atoms with Gasteiger partial charge in [-0.25, -0.2) is 0 Å². The zero-order valence-electron chi connectivity index (χ0n) is 8.27. The molecule has 0 aliphatic heterocycles. The van der Waals surface area contributed by atoms with E-state index in [1.54, 1.807) is 17.9 Å². The Morgan fingerprint density at radius 2 is 2.13 bits per heavy atom. The molecule has 1 heterocycles. The third kappa shape index (κ3) is 2.59. The van der Waals surface area contributed by atoms with E-state index in [2.05, 4.69) is 27.2 Å². The summed E-state index contributed by atoms with van der Waals surface area (Å²) in [4.78, 5) is 0.